The summed E-state index contributed by atoms with van der Waals surface area (Å²) in [6.45, 7) is 2.62. The highest BCUT2D eigenvalue weighted by Crippen LogP contribution is 2.30. The van der Waals surface area contributed by atoms with Crippen LogP contribution < -0.4 is 16.0 Å². The van der Waals surface area contributed by atoms with Gasteiger partial charge in [-0.15, -0.1) is 0 Å². The predicted molar refractivity (Wildman–Crippen MR) is 89.5 cm³/mol. The van der Waals surface area contributed by atoms with E-state index in [9.17, 15) is 22.8 Å². The third kappa shape index (κ3) is 4.51. The van der Waals surface area contributed by atoms with E-state index < -0.39 is 36.1 Å². The fourth-order valence-corrected chi connectivity index (χ4v) is 3.20. The van der Waals surface area contributed by atoms with Gasteiger partial charge in [0.2, 0.25) is 0 Å². The summed E-state index contributed by atoms with van der Waals surface area (Å²) >= 11 is 0. The highest BCUT2D eigenvalue weighted by Gasteiger charge is 2.37. The molecule has 3 rings (SSSR count). The van der Waals surface area contributed by atoms with Crippen LogP contribution in [0.4, 0.5) is 22.8 Å². The molecule has 1 atom stereocenters. The largest absolute Gasteiger partial charge is 0.416 e. The molecule has 148 valence electrons. The molecule has 27 heavy (non-hydrogen) atoms. The molecule has 2 aliphatic rings. The number of alkyl halides is 3. The summed E-state index contributed by atoms with van der Waals surface area (Å²) in [5.41, 5.74) is -0.365. The summed E-state index contributed by atoms with van der Waals surface area (Å²) in [7, 11) is 0. The highest BCUT2D eigenvalue weighted by molar-refractivity contribution is 5.96. The van der Waals surface area contributed by atoms with E-state index in [0.29, 0.717) is 31.6 Å². The molecule has 3 N–H and O–H groups in total. The second-order valence-corrected chi connectivity index (χ2v) is 6.56. The van der Waals surface area contributed by atoms with Crippen molar-refractivity contribution in [2.24, 2.45) is 0 Å². The van der Waals surface area contributed by atoms with Crippen molar-refractivity contribution >= 4 is 12.1 Å². The lowest BCUT2D eigenvalue weighted by Gasteiger charge is -2.39. The maximum absolute atomic E-state index is 12.9. The number of ether oxygens (including phenoxy) is 1. The average molecular weight is 386 g/mol. The van der Waals surface area contributed by atoms with E-state index in [2.05, 4.69) is 16.0 Å². The van der Waals surface area contributed by atoms with Gasteiger partial charge < -0.3 is 15.4 Å². The van der Waals surface area contributed by atoms with Crippen LogP contribution in [0.5, 0.6) is 0 Å². The van der Waals surface area contributed by atoms with Crippen LogP contribution >= 0.6 is 0 Å². The SMILES string of the molecule is C[C@H](NC1NC(=O)N(C2CCOCC2)C(=O)N1)c1cccc(C(F)(F)F)c1. The maximum Gasteiger partial charge on any atom is 0.416 e. The smallest absolute Gasteiger partial charge is 0.381 e. The molecule has 0 aliphatic carbocycles. The van der Waals surface area contributed by atoms with E-state index in [1.54, 1.807) is 13.0 Å². The summed E-state index contributed by atoms with van der Waals surface area (Å²) in [6.07, 6.45) is -4.18. The fraction of sp³-hybridized carbons (Fsp3) is 0.529. The number of rotatable bonds is 4. The number of carbonyl (C=O) groups excluding carboxylic acids is 2. The molecule has 10 heteroatoms. The number of nitrogens with zero attached hydrogens (tertiary/aromatic N) is 1. The normalized spacial score (nSPS) is 21.0. The van der Waals surface area contributed by atoms with Gasteiger partial charge in [-0.2, -0.15) is 13.2 Å². The molecule has 0 unspecified atom stereocenters. The Bertz CT molecular complexity index is 689. The molecule has 0 radical (unpaired) electrons. The molecule has 2 saturated heterocycles. The average Bonchev–Trinajstić information content (AvgIpc) is 2.61. The van der Waals surface area contributed by atoms with Crippen LogP contribution in [0, 0.1) is 0 Å². The Kier molecular flexibility index (Phi) is 5.56. The molecule has 7 nitrogen and oxygen atoms in total. The van der Waals surface area contributed by atoms with Crippen molar-refractivity contribution in [1.29, 1.82) is 0 Å². The van der Waals surface area contributed by atoms with Crippen LogP contribution in [0.25, 0.3) is 0 Å². The van der Waals surface area contributed by atoms with Crippen molar-refractivity contribution in [2.45, 2.75) is 44.3 Å². The zero-order chi connectivity index (χ0) is 19.6. The van der Waals surface area contributed by atoms with Crippen molar-refractivity contribution in [2.75, 3.05) is 13.2 Å². The molecular weight excluding hydrogens is 365 g/mol. The van der Waals surface area contributed by atoms with Gasteiger partial charge in [-0.25, -0.2) is 14.5 Å². The number of imide groups is 1. The van der Waals surface area contributed by atoms with Crippen molar-refractivity contribution in [1.82, 2.24) is 20.9 Å². The first kappa shape index (κ1) is 19.4. The molecular formula is C17H21F3N4O3. The maximum atomic E-state index is 12.9. The molecule has 1 aromatic carbocycles. The van der Waals surface area contributed by atoms with Gasteiger partial charge in [-0.05, 0) is 37.5 Å². The monoisotopic (exact) mass is 386 g/mol. The Labute approximate surface area is 154 Å². The van der Waals surface area contributed by atoms with Crippen molar-refractivity contribution in [3.8, 4) is 0 Å². The van der Waals surface area contributed by atoms with Gasteiger partial charge in [0, 0.05) is 25.3 Å². The van der Waals surface area contributed by atoms with Gasteiger partial charge in [0.05, 0.1) is 5.56 Å². The van der Waals surface area contributed by atoms with Gasteiger partial charge in [0.25, 0.3) is 0 Å². The zero-order valence-corrected chi connectivity index (χ0v) is 14.7. The van der Waals surface area contributed by atoms with Crippen LogP contribution in [-0.2, 0) is 10.9 Å². The molecule has 2 aliphatic heterocycles. The van der Waals surface area contributed by atoms with E-state index in [1.165, 1.54) is 6.07 Å². The van der Waals surface area contributed by atoms with Gasteiger partial charge in [0.1, 0.15) is 0 Å². The lowest BCUT2D eigenvalue weighted by Crippen LogP contribution is -2.70. The molecule has 0 saturated carbocycles. The van der Waals surface area contributed by atoms with E-state index in [-0.39, 0.29) is 6.04 Å². The summed E-state index contributed by atoms with van der Waals surface area (Å²) in [6, 6.07) is 3.05. The topological polar surface area (TPSA) is 82.7 Å². The first-order valence-electron chi connectivity index (χ1n) is 8.67. The van der Waals surface area contributed by atoms with E-state index in [1.807, 2.05) is 0 Å². The van der Waals surface area contributed by atoms with Crippen LogP contribution in [0.15, 0.2) is 24.3 Å². The van der Waals surface area contributed by atoms with Crippen LogP contribution in [0.2, 0.25) is 0 Å². The Morgan fingerprint density at radius 3 is 2.41 bits per heavy atom. The molecule has 0 aromatic heterocycles. The lowest BCUT2D eigenvalue weighted by molar-refractivity contribution is -0.137. The Balaban J connectivity index is 1.63. The second-order valence-electron chi connectivity index (χ2n) is 6.56. The minimum absolute atomic E-state index is 0.236. The molecule has 1 aromatic rings. The number of hydrogen-bond acceptors (Lipinski definition) is 4. The summed E-state index contributed by atoms with van der Waals surface area (Å²) < 4.78 is 43.8. The number of amides is 4. The lowest BCUT2D eigenvalue weighted by atomic mass is 10.0. The van der Waals surface area contributed by atoms with Crippen LogP contribution in [-0.4, -0.2) is 42.5 Å². The number of urea groups is 2. The van der Waals surface area contributed by atoms with E-state index in [4.69, 9.17) is 4.74 Å². The molecule has 2 fully saturated rings. The van der Waals surface area contributed by atoms with Crippen molar-refractivity contribution in [3.05, 3.63) is 35.4 Å². The number of nitrogens with one attached hydrogen (secondary N) is 3. The zero-order valence-electron chi connectivity index (χ0n) is 14.7. The Morgan fingerprint density at radius 2 is 1.81 bits per heavy atom. The first-order valence-corrected chi connectivity index (χ1v) is 8.67. The quantitative estimate of drug-likeness (QED) is 0.743. The van der Waals surface area contributed by atoms with Gasteiger partial charge >= 0.3 is 18.2 Å². The Morgan fingerprint density at radius 1 is 1.19 bits per heavy atom. The van der Waals surface area contributed by atoms with Crippen LogP contribution in [0.3, 0.4) is 0 Å². The highest BCUT2D eigenvalue weighted by atomic mass is 19.4. The summed E-state index contributed by atoms with van der Waals surface area (Å²) in [4.78, 5) is 25.8. The number of halogens is 3. The fourth-order valence-electron chi connectivity index (χ4n) is 3.20. The molecule has 4 amide bonds. The Hall–Kier alpha value is -2.33. The standard InChI is InChI=1S/C17H21F3N4O3/c1-10(11-3-2-4-12(9-11)17(18,19)20)21-14-22-15(25)24(16(26)23-14)13-5-7-27-8-6-13/h2-4,9-10,13-14,21H,5-8H2,1H3,(H,22,25)(H,23,26)/t10-/m0/s1. The first-order chi connectivity index (χ1) is 12.8. The van der Waals surface area contributed by atoms with Crippen molar-refractivity contribution < 1.29 is 27.5 Å². The second kappa shape index (κ2) is 7.73. The third-order valence-electron chi connectivity index (χ3n) is 4.66. The minimum Gasteiger partial charge on any atom is -0.381 e. The van der Waals surface area contributed by atoms with Crippen LogP contribution in [0.1, 0.15) is 36.9 Å². The molecule has 0 bridgehead atoms. The van der Waals surface area contributed by atoms with Gasteiger partial charge in [0.15, 0.2) is 6.29 Å². The number of benzene rings is 1. The van der Waals surface area contributed by atoms with E-state index >= 15 is 0 Å². The summed E-state index contributed by atoms with van der Waals surface area (Å²) in [5.74, 6) is 0. The van der Waals surface area contributed by atoms with E-state index in [0.717, 1.165) is 17.0 Å². The van der Waals surface area contributed by atoms with Crippen molar-refractivity contribution in [3.63, 3.8) is 0 Å². The number of hydrogen-bond donors (Lipinski definition) is 3. The molecule has 2 heterocycles. The predicted octanol–water partition coefficient (Wildman–Crippen LogP) is 2.55. The third-order valence-corrected chi connectivity index (χ3v) is 4.66. The van der Waals surface area contributed by atoms with Gasteiger partial charge in [-0.3, -0.25) is 5.32 Å². The molecule has 0 spiro atoms. The van der Waals surface area contributed by atoms with Gasteiger partial charge in [-0.1, -0.05) is 12.1 Å². The summed E-state index contributed by atoms with van der Waals surface area (Å²) in [5, 5.41) is 8.16. The minimum atomic E-state index is -4.44. The number of carbonyl (C=O) groups is 2.